The number of hydrogen-bond donors (Lipinski definition) is 1. The summed E-state index contributed by atoms with van der Waals surface area (Å²) in [7, 11) is 4.67. The van der Waals surface area contributed by atoms with E-state index in [0.717, 1.165) is 12.8 Å². The van der Waals surface area contributed by atoms with Crippen LogP contribution in [0.15, 0.2) is 42.5 Å². The fourth-order valence-corrected chi connectivity index (χ4v) is 3.68. The number of likely N-dealkylation sites (tertiary alicyclic amines) is 1. The highest BCUT2D eigenvalue weighted by molar-refractivity contribution is 5.95. The number of carbonyl (C=O) groups excluding carboxylic acids is 2. The summed E-state index contributed by atoms with van der Waals surface area (Å²) in [5.74, 6) is 2.36. The smallest absolute Gasteiger partial charge is 0.257 e. The molecule has 1 N–H and O–H groups in total. The number of nitrogens with one attached hydrogen (secondary N) is 1. The number of hydrogen-bond acceptors (Lipinski definition) is 6. The van der Waals surface area contributed by atoms with Crippen LogP contribution in [-0.2, 0) is 4.79 Å². The van der Waals surface area contributed by atoms with Crippen LogP contribution in [0.2, 0.25) is 0 Å². The lowest BCUT2D eigenvalue weighted by Crippen LogP contribution is -2.42. The number of methoxy groups -OCH3 is 3. The molecule has 0 aromatic heterocycles. The summed E-state index contributed by atoms with van der Waals surface area (Å²) in [5.41, 5.74) is 0.572. The number of carbonyl (C=O) groups is 2. The zero-order valence-electron chi connectivity index (χ0n) is 18.8. The molecule has 2 amide bonds. The van der Waals surface area contributed by atoms with E-state index < -0.39 is 0 Å². The van der Waals surface area contributed by atoms with Crippen LogP contribution < -0.4 is 24.3 Å². The third-order valence-corrected chi connectivity index (χ3v) is 5.55. The SMILES string of the molecule is COc1ccc(C(=O)N2CCC(CNC(=O)COc3ccccc3OC)CC2)cc1OC. The summed E-state index contributed by atoms with van der Waals surface area (Å²) >= 11 is 0. The zero-order chi connectivity index (χ0) is 22.9. The second-order valence-corrected chi connectivity index (χ2v) is 7.55. The maximum absolute atomic E-state index is 12.8. The number of amides is 2. The Morgan fingerprint density at radius 1 is 0.906 bits per heavy atom. The number of benzene rings is 2. The van der Waals surface area contributed by atoms with Gasteiger partial charge < -0.3 is 29.2 Å². The van der Waals surface area contributed by atoms with E-state index in [2.05, 4.69) is 5.32 Å². The van der Waals surface area contributed by atoms with Gasteiger partial charge in [-0.2, -0.15) is 0 Å². The molecule has 0 unspecified atom stereocenters. The van der Waals surface area contributed by atoms with Crippen molar-refractivity contribution in [2.45, 2.75) is 12.8 Å². The van der Waals surface area contributed by atoms with Gasteiger partial charge in [-0.05, 0) is 49.1 Å². The topological polar surface area (TPSA) is 86.3 Å². The molecule has 3 rings (SSSR count). The molecule has 0 spiro atoms. The molecular formula is C24H30N2O6. The first-order valence-electron chi connectivity index (χ1n) is 10.6. The minimum atomic E-state index is -0.181. The van der Waals surface area contributed by atoms with E-state index in [1.54, 1.807) is 51.7 Å². The molecular weight excluding hydrogens is 412 g/mol. The lowest BCUT2D eigenvalue weighted by atomic mass is 9.96. The van der Waals surface area contributed by atoms with E-state index >= 15 is 0 Å². The highest BCUT2D eigenvalue weighted by atomic mass is 16.5. The van der Waals surface area contributed by atoms with Crippen molar-refractivity contribution in [3.8, 4) is 23.0 Å². The molecule has 8 nitrogen and oxygen atoms in total. The Hall–Kier alpha value is -3.42. The maximum Gasteiger partial charge on any atom is 0.257 e. The molecule has 1 fully saturated rings. The Bertz CT molecular complexity index is 924. The van der Waals surface area contributed by atoms with E-state index in [0.29, 0.717) is 54.1 Å². The minimum Gasteiger partial charge on any atom is -0.493 e. The van der Waals surface area contributed by atoms with Crippen molar-refractivity contribution in [1.29, 1.82) is 0 Å². The number of ether oxygens (including phenoxy) is 4. The predicted octanol–water partition coefficient (Wildman–Crippen LogP) is 2.76. The minimum absolute atomic E-state index is 0.0290. The van der Waals surface area contributed by atoms with Gasteiger partial charge in [0.05, 0.1) is 21.3 Å². The number of nitrogens with zero attached hydrogens (tertiary/aromatic N) is 1. The standard InChI is InChI=1S/C24H30N2O6/c1-29-19-6-4-5-7-21(19)32-16-23(27)25-15-17-10-12-26(13-11-17)24(28)18-8-9-20(30-2)22(14-18)31-3/h4-9,14,17H,10-13,15-16H2,1-3H3,(H,25,27). The zero-order valence-corrected chi connectivity index (χ0v) is 18.8. The van der Waals surface area contributed by atoms with Crippen LogP contribution in [0.4, 0.5) is 0 Å². The lowest BCUT2D eigenvalue weighted by Gasteiger charge is -2.32. The fraction of sp³-hybridized carbons (Fsp3) is 0.417. The number of rotatable bonds is 9. The van der Waals surface area contributed by atoms with E-state index in [1.165, 1.54) is 0 Å². The van der Waals surface area contributed by atoms with Gasteiger partial charge in [0.15, 0.2) is 29.6 Å². The fourth-order valence-electron chi connectivity index (χ4n) is 3.68. The highest BCUT2D eigenvalue weighted by Gasteiger charge is 2.24. The molecule has 0 radical (unpaired) electrons. The van der Waals surface area contributed by atoms with Crippen molar-refractivity contribution >= 4 is 11.8 Å². The maximum atomic E-state index is 12.8. The molecule has 0 bridgehead atoms. The molecule has 2 aromatic rings. The first-order valence-corrected chi connectivity index (χ1v) is 10.6. The van der Waals surface area contributed by atoms with Crippen LogP contribution in [0, 0.1) is 5.92 Å². The summed E-state index contributed by atoms with van der Waals surface area (Å²) in [6.07, 6.45) is 1.65. The van der Waals surface area contributed by atoms with Gasteiger partial charge in [0, 0.05) is 25.2 Å². The first-order chi connectivity index (χ1) is 15.5. The van der Waals surface area contributed by atoms with Gasteiger partial charge in [-0.1, -0.05) is 12.1 Å². The van der Waals surface area contributed by atoms with Crippen molar-refractivity contribution < 1.29 is 28.5 Å². The normalized spacial score (nSPS) is 13.9. The molecule has 172 valence electrons. The quantitative estimate of drug-likeness (QED) is 0.643. The molecule has 0 atom stereocenters. The largest absolute Gasteiger partial charge is 0.493 e. The third-order valence-electron chi connectivity index (χ3n) is 5.55. The second-order valence-electron chi connectivity index (χ2n) is 7.55. The Balaban J connectivity index is 1.43. The number of piperidine rings is 1. The average molecular weight is 443 g/mol. The Morgan fingerprint density at radius 3 is 2.19 bits per heavy atom. The van der Waals surface area contributed by atoms with Gasteiger partial charge in [0.1, 0.15) is 0 Å². The van der Waals surface area contributed by atoms with Crippen molar-refractivity contribution in [2.24, 2.45) is 5.92 Å². The monoisotopic (exact) mass is 442 g/mol. The Morgan fingerprint density at radius 2 is 1.53 bits per heavy atom. The van der Waals surface area contributed by atoms with Crippen molar-refractivity contribution in [3.05, 3.63) is 48.0 Å². The summed E-state index contributed by atoms with van der Waals surface area (Å²) < 4.78 is 21.3. The van der Waals surface area contributed by atoms with Crippen LogP contribution in [0.5, 0.6) is 23.0 Å². The molecule has 1 saturated heterocycles. The highest BCUT2D eigenvalue weighted by Crippen LogP contribution is 2.29. The van der Waals surface area contributed by atoms with Crippen LogP contribution in [0.1, 0.15) is 23.2 Å². The molecule has 2 aromatic carbocycles. The van der Waals surface area contributed by atoms with E-state index in [9.17, 15) is 9.59 Å². The van der Waals surface area contributed by atoms with Gasteiger partial charge >= 0.3 is 0 Å². The van der Waals surface area contributed by atoms with Gasteiger partial charge in [0.25, 0.3) is 11.8 Å². The predicted molar refractivity (Wildman–Crippen MR) is 120 cm³/mol. The summed E-state index contributed by atoms with van der Waals surface area (Å²) in [6, 6.07) is 12.4. The molecule has 1 aliphatic rings. The summed E-state index contributed by atoms with van der Waals surface area (Å²) in [6.45, 7) is 1.78. The van der Waals surface area contributed by atoms with Crippen molar-refractivity contribution in [3.63, 3.8) is 0 Å². The van der Waals surface area contributed by atoms with Crippen LogP contribution in [-0.4, -0.2) is 64.3 Å². The molecule has 1 aliphatic heterocycles. The van der Waals surface area contributed by atoms with Gasteiger partial charge in [-0.3, -0.25) is 9.59 Å². The number of para-hydroxylation sites is 2. The molecule has 1 heterocycles. The van der Waals surface area contributed by atoms with Crippen LogP contribution >= 0.6 is 0 Å². The van der Waals surface area contributed by atoms with Gasteiger partial charge in [0.2, 0.25) is 0 Å². The van der Waals surface area contributed by atoms with Crippen LogP contribution in [0.25, 0.3) is 0 Å². The molecule has 0 aliphatic carbocycles. The first kappa shape index (κ1) is 23.2. The molecule has 32 heavy (non-hydrogen) atoms. The van der Waals surface area contributed by atoms with Gasteiger partial charge in [-0.15, -0.1) is 0 Å². The summed E-state index contributed by atoms with van der Waals surface area (Å²) in [5, 5.41) is 2.92. The van der Waals surface area contributed by atoms with Gasteiger partial charge in [-0.25, -0.2) is 0 Å². The Labute approximate surface area is 188 Å². The van der Waals surface area contributed by atoms with E-state index in [-0.39, 0.29) is 18.4 Å². The lowest BCUT2D eigenvalue weighted by molar-refractivity contribution is -0.123. The summed E-state index contributed by atoms with van der Waals surface area (Å²) in [4.78, 5) is 26.8. The second kappa shape index (κ2) is 11.3. The van der Waals surface area contributed by atoms with Crippen LogP contribution in [0.3, 0.4) is 0 Å². The Kier molecular flexibility index (Phi) is 8.19. The third kappa shape index (κ3) is 5.84. The van der Waals surface area contributed by atoms with E-state index in [4.69, 9.17) is 18.9 Å². The average Bonchev–Trinajstić information content (AvgIpc) is 2.85. The molecule has 0 saturated carbocycles. The van der Waals surface area contributed by atoms with E-state index in [1.807, 2.05) is 17.0 Å². The molecule has 8 heteroatoms. The van der Waals surface area contributed by atoms with Crippen molar-refractivity contribution in [1.82, 2.24) is 10.2 Å². The van der Waals surface area contributed by atoms with Crippen molar-refractivity contribution in [2.75, 3.05) is 47.6 Å².